The van der Waals surface area contributed by atoms with Gasteiger partial charge in [-0.1, -0.05) is 12.1 Å². The van der Waals surface area contributed by atoms with Gasteiger partial charge < -0.3 is 19.3 Å². The maximum atomic E-state index is 12.6. The van der Waals surface area contributed by atoms with Gasteiger partial charge in [-0.2, -0.15) is 0 Å². The van der Waals surface area contributed by atoms with Gasteiger partial charge in [-0.05, 0) is 12.1 Å². The van der Waals surface area contributed by atoms with Crippen molar-refractivity contribution >= 4 is 22.4 Å². The number of rotatable bonds is 2. The number of aromatic nitrogens is 1. The van der Waals surface area contributed by atoms with E-state index in [2.05, 4.69) is 9.88 Å². The van der Waals surface area contributed by atoms with Crippen molar-refractivity contribution in [3.8, 4) is 11.5 Å². The quantitative estimate of drug-likeness (QED) is 0.837. The molecule has 1 aromatic carbocycles. The van der Waals surface area contributed by atoms with Gasteiger partial charge in [0, 0.05) is 37.8 Å². The molecule has 0 bridgehead atoms. The summed E-state index contributed by atoms with van der Waals surface area (Å²) in [5.74, 6) is 1.34. The summed E-state index contributed by atoms with van der Waals surface area (Å²) in [4.78, 5) is 21.0. The number of thiazole rings is 1. The fourth-order valence-corrected chi connectivity index (χ4v) is 3.53. The highest BCUT2D eigenvalue weighted by Crippen LogP contribution is 2.31. The summed E-state index contributed by atoms with van der Waals surface area (Å²) >= 11 is 1.63. The number of para-hydroxylation sites is 2. The van der Waals surface area contributed by atoms with Crippen LogP contribution in [0.4, 0.5) is 5.13 Å². The maximum Gasteiger partial charge on any atom is 0.267 e. The highest BCUT2D eigenvalue weighted by atomic mass is 32.1. The molecule has 0 N–H and O–H groups in total. The number of hydrogen-bond acceptors (Lipinski definition) is 6. The van der Waals surface area contributed by atoms with Crippen molar-refractivity contribution in [2.24, 2.45) is 0 Å². The zero-order valence-corrected chi connectivity index (χ0v) is 13.4. The zero-order valence-electron chi connectivity index (χ0n) is 12.6. The zero-order chi connectivity index (χ0) is 15.6. The molecule has 0 spiro atoms. The van der Waals surface area contributed by atoms with Crippen LogP contribution in [-0.4, -0.2) is 54.7 Å². The minimum absolute atomic E-state index is 0.00158. The number of carbonyl (C=O) groups is 1. The van der Waals surface area contributed by atoms with Crippen LogP contribution >= 0.6 is 11.3 Å². The Morgan fingerprint density at radius 1 is 1.17 bits per heavy atom. The summed E-state index contributed by atoms with van der Waals surface area (Å²) in [5, 5.41) is 2.99. The average molecular weight is 331 g/mol. The molecule has 3 heterocycles. The second kappa shape index (κ2) is 6.08. The molecule has 2 aliphatic rings. The highest BCUT2D eigenvalue weighted by molar-refractivity contribution is 7.13. The molecule has 1 atom stereocenters. The van der Waals surface area contributed by atoms with Crippen LogP contribution in [0.15, 0.2) is 35.8 Å². The first-order valence-corrected chi connectivity index (χ1v) is 8.51. The Bertz CT molecular complexity index is 684. The van der Waals surface area contributed by atoms with E-state index in [4.69, 9.17) is 9.47 Å². The predicted molar refractivity (Wildman–Crippen MR) is 87.3 cm³/mol. The Balaban J connectivity index is 1.37. The van der Waals surface area contributed by atoms with E-state index in [0.717, 1.165) is 18.2 Å². The molecule has 2 aliphatic heterocycles. The molecule has 0 saturated carbocycles. The molecule has 7 heteroatoms. The van der Waals surface area contributed by atoms with Crippen LogP contribution in [0.3, 0.4) is 0 Å². The molecule has 6 nitrogen and oxygen atoms in total. The van der Waals surface area contributed by atoms with Gasteiger partial charge in [-0.3, -0.25) is 4.79 Å². The number of piperazine rings is 1. The molecule has 2 aromatic rings. The molecule has 0 radical (unpaired) electrons. The van der Waals surface area contributed by atoms with Crippen LogP contribution < -0.4 is 14.4 Å². The number of ether oxygens (including phenoxy) is 2. The van der Waals surface area contributed by atoms with E-state index < -0.39 is 6.10 Å². The van der Waals surface area contributed by atoms with E-state index >= 15 is 0 Å². The average Bonchev–Trinajstić information content (AvgIpc) is 3.15. The highest BCUT2D eigenvalue weighted by Gasteiger charge is 2.32. The van der Waals surface area contributed by atoms with Crippen LogP contribution in [0.1, 0.15) is 0 Å². The smallest absolute Gasteiger partial charge is 0.267 e. The minimum Gasteiger partial charge on any atom is -0.485 e. The molecular formula is C16H17N3O3S. The van der Waals surface area contributed by atoms with Crippen molar-refractivity contribution in [2.75, 3.05) is 37.7 Å². The Morgan fingerprint density at radius 2 is 1.96 bits per heavy atom. The number of nitrogens with zero attached hydrogens (tertiary/aromatic N) is 3. The van der Waals surface area contributed by atoms with E-state index in [1.807, 2.05) is 40.7 Å². The van der Waals surface area contributed by atoms with Crippen LogP contribution in [0.25, 0.3) is 0 Å². The van der Waals surface area contributed by atoms with Crippen molar-refractivity contribution in [1.82, 2.24) is 9.88 Å². The van der Waals surface area contributed by atoms with Crippen molar-refractivity contribution in [2.45, 2.75) is 6.10 Å². The second-order valence-electron chi connectivity index (χ2n) is 5.49. The Hall–Kier alpha value is -2.28. The normalized spacial score (nSPS) is 20.4. The summed E-state index contributed by atoms with van der Waals surface area (Å²) in [7, 11) is 0. The molecule has 1 saturated heterocycles. The number of anilines is 1. The Morgan fingerprint density at radius 3 is 2.70 bits per heavy atom. The molecule has 0 aliphatic carbocycles. The Labute approximate surface area is 138 Å². The van der Waals surface area contributed by atoms with Gasteiger partial charge >= 0.3 is 0 Å². The summed E-state index contributed by atoms with van der Waals surface area (Å²) in [5.41, 5.74) is 0. The molecule has 1 amide bonds. The lowest BCUT2D eigenvalue weighted by atomic mass is 10.2. The molecule has 4 rings (SSSR count). The van der Waals surface area contributed by atoms with Crippen LogP contribution in [0.5, 0.6) is 11.5 Å². The van der Waals surface area contributed by atoms with E-state index in [-0.39, 0.29) is 12.5 Å². The van der Waals surface area contributed by atoms with Crippen LogP contribution in [0, 0.1) is 0 Å². The third-order valence-electron chi connectivity index (χ3n) is 4.07. The van der Waals surface area contributed by atoms with Gasteiger partial charge in [-0.15, -0.1) is 11.3 Å². The number of benzene rings is 1. The van der Waals surface area contributed by atoms with E-state index in [0.29, 0.717) is 24.6 Å². The SMILES string of the molecule is O=C(C1COc2ccccc2O1)N1CCN(c2nccs2)CC1. The molecule has 1 fully saturated rings. The molecule has 120 valence electrons. The van der Waals surface area contributed by atoms with Crippen molar-refractivity contribution in [1.29, 1.82) is 0 Å². The maximum absolute atomic E-state index is 12.6. The molecule has 1 aromatic heterocycles. The van der Waals surface area contributed by atoms with E-state index in [1.165, 1.54) is 0 Å². The summed E-state index contributed by atoms with van der Waals surface area (Å²) in [6, 6.07) is 7.45. The third-order valence-corrected chi connectivity index (χ3v) is 4.90. The summed E-state index contributed by atoms with van der Waals surface area (Å²) < 4.78 is 11.4. The lowest BCUT2D eigenvalue weighted by Gasteiger charge is -2.37. The monoisotopic (exact) mass is 331 g/mol. The van der Waals surface area contributed by atoms with Crippen LogP contribution in [0.2, 0.25) is 0 Å². The predicted octanol–water partition coefficient (Wildman–Crippen LogP) is 1.63. The standard InChI is InChI=1S/C16H17N3O3S/c20-15(14-11-21-12-3-1-2-4-13(12)22-14)18-6-8-19(9-7-18)16-17-5-10-23-16/h1-5,10,14H,6-9,11H2. The van der Waals surface area contributed by atoms with Gasteiger partial charge in [0.2, 0.25) is 6.10 Å². The number of carbonyl (C=O) groups excluding carboxylic acids is 1. The van der Waals surface area contributed by atoms with Gasteiger partial charge in [0.15, 0.2) is 16.6 Å². The van der Waals surface area contributed by atoms with Crippen molar-refractivity contribution < 1.29 is 14.3 Å². The minimum atomic E-state index is -0.559. The first-order chi connectivity index (χ1) is 11.3. The molecule has 1 unspecified atom stereocenters. The van der Waals surface area contributed by atoms with Gasteiger partial charge in [0.25, 0.3) is 5.91 Å². The van der Waals surface area contributed by atoms with Crippen LogP contribution in [-0.2, 0) is 4.79 Å². The topological polar surface area (TPSA) is 54.9 Å². The van der Waals surface area contributed by atoms with Gasteiger partial charge in [0.05, 0.1) is 0 Å². The third kappa shape index (κ3) is 2.84. The summed E-state index contributed by atoms with van der Waals surface area (Å²) in [6.45, 7) is 3.22. The second-order valence-corrected chi connectivity index (χ2v) is 6.36. The first-order valence-electron chi connectivity index (χ1n) is 7.63. The Kier molecular flexibility index (Phi) is 3.78. The van der Waals surface area contributed by atoms with Gasteiger partial charge in [0.1, 0.15) is 6.61 Å². The molecule has 23 heavy (non-hydrogen) atoms. The largest absolute Gasteiger partial charge is 0.485 e. The van der Waals surface area contributed by atoms with Crippen molar-refractivity contribution in [3.05, 3.63) is 35.8 Å². The lowest BCUT2D eigenvalue weighted by molar-refractivity contribution is -0.141. The molecular weight excluding hydrogens is 314 g/mol. The fraction of sp³-hybridized carbons (Fsp3) is 0.375. The number of fused-ring (bicyclic) bond motifs is 1. The fourth-order valence-electron chi connectivity index (χ4n) is 2.84. The van der Waals surface area contributed by atoms with E-state index in [1.54, 1.807) is 11.3 Å². The lowest BCUT2D eigenvalue weighted by Crippen LogP contribution is -2.54. The number of amides is 1. The van der Waals surface area contributed by atoms with E-state index in [9.17, 15) is 4.79 Å². The summed E-state index contributed by atoms with van der Waals surface area (Å²) in [6.07, 6.45) is 1.25. The van der Waals surface area contributed by atoms with Gasteiger partial charge in [-0.25, -0.2) is 4.98 Å². The first kappa shape index (κ1) is 14.3. The number of hydrogen-bond donors (Lipinski definition) is 0. The van der Waals surface area contributed by atoms with Crippen molar-refractivity contribution in [3.63, 3.8) is 0 Å².